The Morgan fingerprint density at radius 2 is 1.95 bits per heavy atom. The summed E-state index contributed by atoms with van der Waals surface area (Å²) in [4.78, 5) is 12.4. The van der Waals surface area contributed by atoms with E-state index in [1.54, 1.807) is 0 Å². The number of carbonyl (C=O) groups excluding carboxylic acids is 1. The molecule has 0 saturated heterocycles. The highest BCUT2D eigenvalue weighted by atomic mass is 79.9. The van der Waals surface area contributed by atoms with Gasteiger partial charge < -0.3 is 15.4 Å². The van der Waals surface area contributed by atoms with E-state index in [0.29, 0.717) is 10.7 Å². The number of ether oxygens (including phenoxy) is 1. The fraction of sp³-hybridized carbons (Fsp3) is 0.333. The molecule has 2 N–H and O–H groups in total. The minimum absolute atomic E-state index is 0.169. The van der Waals surface area contributed by atoms with Gasteiger partial charge in [-0.05, 0) is 50.7 Å². The molecule has 1 aliphatic heterocycles. The topological polar surface area (TPSA) is 50.4 Å². The third kappa shape index (κ3) is 3.83. The molecule has 1 aliphatic rings. The molecule has 0 aromatic heterocycles. The zero-order chi connectivity index (χ0) is 15.6. The zero-order valence-corrected chi connectivity index (χ0v) is 14.5. The third-order valence-corrected chi connectivity index (χ3v) is 3.78. The van der Waals surface area contributed by atoms with E-state index in [1.807, 2.05) is 45.0 Å². The molecule has 0 saturated carbocycles. The number of allylic oxidation sites excluding steroid dienone is 1. The first-order valence-corrected chi connectivity index (χ1v) is 7.83. The smallest absolute Gasteiger partial charge is 0.338 e. The van der Waals surface area contributed by atoms with Crippen LogP contribution >= 0.6 is 28.1 Å². The molecule has 0 fully saturated rings. The molecule has 6 heteroatoms. The second-order valence-corrected chi connectivity index (χ2v) is 6.40. The lowest BCUT2D eigenvalue weighted by Gasteiger charge is -2.30. The molecule has 112 valence electrons. The molecule has 1 atom stereocenters. The molecule has 0 spiro atoms. The summed E-state index contributed by atoms with van der Waals surface area (Å²) in [7, 11) is 0. The molecule has 4 nitrogen and oxygen atoms in total. The van der Waals surface area contributed by atoms with Gasteiger partial charge in [0.2, 0.25) is 0 Å². The summed E-state index contributed by atoms with van der Waals surface area (Å²) in [6, 6.07) is 7.46. The lowest BCUT2D eigenvalue weighted by molar-refractivity contribution is -0.143. The van der Waals surface area contributed by atoms with Crippen LogP contribution in [0, 0.1) is 0 Å². The van der Waals surface area contributed by atoms with Crippen LogP contribution < -0.4 is 10.6 Å². The van der Waals surface area contributed by atoms with E-state index in [-0.39, 0.29) is 18.1 Å². The van der Waals surface area contributed by atoms with Crippen molar-refractivity contribution in [2.75, 3.05) is 0 Å². The van der Waals surface area contributed by atoms with Crippen LogP contribution in [0.25, 0.3) is 0 Å². The van der Waals surface area contributed by atoms with Crippen molar-refractivity contribution in [3.8, 4) is 0 Å². The van der Waals surface area contributed by atoms with Crippen LogP contribution in [-0.2, 0) is 9.53 Å². The van der Waals surface area contributed by atoms with Gasteiger partial charge in [-0.25, -0.2) is 4.79 Å². The van der Waals surface area contributed by atoms with Crippen molar-refractivity contribution in [2.45, 2.75) is 32.9 Å². The Hall–Kier alpha value is -1.40. The minimum atomic E-state index is -0.335. The van der Waals surface area contributed by atoms with Crippen molar-refractivity contribution >= 4 is 39.2 Å². The van der Waals surface area contributed by atoms with Crippen molar-refractivity contribution in [2.24, 2.45) is 0 Å². The summed E-state index contributed by atoms with van der Waals surface area (Å²) in [6.45, 7) is 5.49. The van der Waals surface area contributed by atoms with Gasteiger partial charge in [0.25, 0.3) is 0 Å². The normalized spacial score (nSPS) is 18.3. The average molecular weight is 369 g/mol. The first kappa shape index (κ1) is 16.0. The summed E-state index contributed by atoms with van der Waals surface area (Å²) in [5.74, 6) is -0.335. The van der Waals surface area contributed by atoms with Gasteiger partial charge in [0, 0.05) is 10.2 Å². The average Bonchev–Trinajstić information content (AvgIpc) is 2.37. The van der Waals surface area contributed by atoms with E-state index in [4.69, 9.17) is 17.0 Å². The lowest BCUT2D eigenvalue weighted by Crippen LogP contribution is -2.45. The van der Waals surface area contributed by atoms with Crippen LogP contribution in [0.15, 0.2) is 40.0 Å². The molecule has 0 radical (unpaired) electrons. The van der Waals surface area contributed by atoms with Gasteiger partial charge in [0.1, 0.15) is 0 Å². The number of hydrogen-bond donors (Lipinski definition) is 2. The Labute approximate surface area is 138 Å². The van der Waals surface area contributed by atoms with Crippen molar-refractivity contribution in [3.05, 3.63) is 45.6 Å². The van der Waals surface area contributed by atoms with E-state index >= 15 is 0 Å². The first-order valence-electron chi connectivity index (χ1n) is 6.63. The molecule has 0 amide bonds. The number of rotatable bonds is 3. The molecule has 1 unspecified atom stereocenters. The molecule has 1 aromatic rings. The van der Waals surface area contributed by atoms with Crippen LogP contribution in [0.2, 0.25) is 0 Å². The van der Waals surface area contributed by atoms with Crippen molar-refractivity contribution in [1.29, 1.82) is 0 Å². The summed E-state index contributed by atoms with van der Waals surface area (Å²) >= 11 is 8.60. The molecular formula is C15H17BrN2O2S. The molecule has 1 heterocycles. The largest absolute Gasteiger partial charge is 0.459 e. The Morgan fingerprint density at radius 3 is 2.52 bits per heavy atom. The van der Waals surface area contributed by atoms with E-state index in [0.717, 1.165) is 15.7 Å². The number of carbonyl (C=O) groups is 1. The molecule has 21 heavy (non-hydrogen) atoms. The second kappa shape index (κ2) is 6.58. The Morgan fingerprint density at radius 1 is 1.33 bits per heavy atom. The maximum atomic E-state index is 12.4. The van der Waals surface area contributed by atoms with Gasteiger partial charge in [0.05, 0.1) is 17.7 Å². The fourth-order valence-electron chi connectivity index (χ4n) is 2.15. The fourth-order valence-corrected chi connectivity index (χ4v) is 2.68. The summed E-state index contributed by atoms with van der Waals surface area (Å²) < 4.78 is 6.32. The molecular weight excluding hydrogens is 352 g/mol. The summed E-state index contributed by atoms with van der Waals surface area (Å²) in [5.41, 5.74) is 2.23. The van der Waals surface area contributed by atoms with Crippen molar-refractivity contribution in [3.63, 3.8) is 0 Å². The highest BCUT2D eigenvalue weighted by Crippen LogP contribution is 2.28. The Kier molecular flexibility index (Phi) is 5.00. The van der Waals surface area contributed by atoms with Gasteiger partial charge in [-0.15, -0.1) is 0 Å². The van der Waals surface area contributed by atoms with Gasteiger partial charge in [-0.1, -0.05) is 28.1 Å². The van der Waals surface area contributed by atoms with Gasteiger partial charge in [-0.3, -0.25) is 0 Å². The zero-order valence-electron chi connectivity index (χ0n) is 12.1. The number of thiocarbonyl (C=S) groups is 1. The summed E-state index contributed by atoms with van der Waals surface area (Å²) in [6.07, 6.45) is -0.169. The van der Waals surface area contributed by atoms with Crippen molar-refractivity contribution in [1.82, 2.24) is 10.6 Å². The van der Waals surface area contributed by atoms with E-state index in [1.165, 1.54) is 0 Å². The highest BCUT2D eigenvalue weighted by Gasteiger charge is 2.31. The molecule has 0 aliphatic carbocycles. The summed E-state index contributed by atoms with van der Waals surface area (Å²) in [5, 5.41) is 6.62. The van der Waals surface area contributed by atoms with E-state index in [2.05, 4.69) is 26.6 Å². The predicted octanol–water partition coefficient (Wildman–Crippen LogP) is 3.19. The van der Waals surface area contributed by atoms with E-state index in [9.17, 15) is 4.79 Å². The number of esters is 1. The standard InChI is InChI=1S/C15H17BrN2O2S/c1-8(2)20-14(19)12-9(3)17-15(21)18-13(12)10-4-6-11(16)7-5-10/h4-8,13H,1-3H3,(H2,17,18,21). The molecule has 2 rings (SSSR count). The maximum absolute atomic E-state index is 12.4. The maximum Gasteiger partial charge on any atom is 0.338 e. The van der Waals surface area contributed by atoms with Gasteiger partial charge in [0.15, 0.2) is 5.11 Å². The SMILES string of the molecule is CC1=C(C(=O)OC(C)C)C(c2ccc(Br)cc2)NC(=S)N1. The molecule has 0 bridgehead atoms. The quantitative estimate of drug-likeness (QED) is 0.633. The minimum Gasteiger partial charge on any atom is -0.459 e. The van der Waals surface area contributed by atoms with Crippen LogP contribution in [0.4, 0.5) is 0 Å². The first-order chi connectivity index (χ1) is 9.88. The van der Waals surface area contributed by atoms with Gasteiger partial charge in [-0.2, -0.15) is 0 Å². The molecule has 1 aromatic carbocycles. The van der Waals surface area contributed by atoms with Crippen LogP contribution in [0.3, 0.4) is 0 Å². The lowest BCUT2D eigenvalue weighted by atomic mass is 9.96. The predicted molar refractivity (Wildman–Crippen MR) is 89.7 cm³/mol. The van der Waals surface area contributed by atoms with Crippen LogP contribution in [0.1, 0.15) is 32.4 Å². The van der Waals surface area contributed by atoms with E-state index < -0.39 is 0 Å². The van der Waals surface area contributed by atoms with Gasteiger partial charge >= 0.3 is 5.97 Å². The highest BCUT2D eigenvalue weighted by molar-refractivity contribution is 9.10. The Balaban J connectivity index is 2.40. The van der Waals surface area contributed by atoms with Crippen LogP contribution in [-0.4, -0.2) is 17.2 Å². The van der Waals surface area contributed by atoms with Crippen LogP contribution in [0.5, 0.6) is 0 Å². The monoisotopic (exact) mass is 368 g/mol. The number of nitrogens with one attached hydrogen (secondary N) is 2. The van der Waals surface area contributed by atoms with Crippen molar-refractivity contribution < 1.29 is 9.53 Å². The number of benzene rings is 1. The number of hydrogen-bond acceptors (Lipinski definition) is 3. The number of halogens is 1. The third-order valence-electron chi connectivity index (χ3n) is 3.04. The second-order valence-electron chi connectivity index (χ2n) is 5.08. The Bertz CT molecular complexity index is 596.